The van der Waals surface area contributed by atoms with Crippen molar-refractivity contribution in [1.82, 2.24) is 9.97 Å². The maximum absolute atomic E-state index is 8.29. The van der Waals surface area contributed by atoms with Crippen LogP contribution in [0, 0.1) is 25.8 Å². The van der Waals surface area contributed by atoms with Crippen LogP contribution < -0.4 is 0 Å². The molecular formula is C46H40IrN2-2. The number of fused-ring (bicyclic) bond motifs is 6. The van der Waals surface area contributed by atoms with Crippen LogP contribution in [0.4, 0.5) is 0 Å². The molecule has 2 heterocycles. The summed E-state index contributed by atoms with van der Waals surface area (Å²) in [6.07, 6.45) is 3.39. The van der Waals surface area contributed by atoms with Crippen molar-refractivity contribution in [2.24, 2.45) is 0 Å². The number of pyridine rings is 2. The zero-order chi connectivity index (χ0) is 40.2. The van der Waals surface area contributed by atoms with E-state index in [-0.39, 0.29) is 31.2 Å². The van der Waals surface area contributed by atoms with Crippen LogP contribution in [0.25, 0.3) is 65.6 Å². The summed E-state index contributed by atoms with van der Waals surface area (Å²) < 4.78 is 65.4. The smallest absolute Gasteiger partial charge is 0.0346 e. The van der Waals surface area contributed by atoms with Crippen molar-refractivity contribution in [3.8, 4) is 22.5 Å². The molecule has 3 heteroatoms. The molecule has 49 heavy (non-hydrogen) atoms. The molecule has 0 N–H and O–H groups in total. The zero-order valence-corrected chi connectivity index (χ0v) is 30.2. The van der Waals surface area contributed by atoms with Crippen molar-refractivity contribution in [1.29, 1.82) is 0 Å². The van der Waals surface area contributed by atoms with Gasteiger partial charge < -0.3 is 9.97 Å². The van der Waals surface area contributed by atoms with E-state index in [9.17, 15) is 0 Å². The minimum atomic E-state index is -2.64. The van der Waals surface area contributed by atoms with Gasteiger partial charge in [-0.25, -0.2) is 0 Å². The van der Waals surface area contributed by atoms with Gasteiger partial charge in [-0.05, 0) is 65.3 Å². The average molecular weight is 821 g/mol. The van der Waals surface area contributed by atoms with Crippen molar-refractivity contribution in [2.75, 3.05) is 0 Å². The van der Waals surface area contributed by atoms with Crippen LogP contribution in [-0.4, -0.2) is 9.97 Å². The Morgan fingerprint density at radius 3 is 1.69 bits per heavy atom. The van der Waals surface area contributed by atoms with Crippen LogP contribution >= 0.6 is 0 Å². The van der Waals surface area contributed by atoms with Crippen molar-refractivity contribution in [2.45, 2.75) is 53.2 Å². The number of nitrogens with zero attached hydrogens (tertiary/aromatic N) is 2. The largest absolute Gasteiger partial charge is 0.305 e. The van der Waals surface area contributed by atoms with E-state index < -0.39 is 25.5 Å². The molecule has 245 valence electrons. The van der Waals surface area contributed by atoms with Gasteiger partial charge in [0.05, 0.1) is 0 Å². The number of rotatable bonds is 4. The summed E-state index contributed by atoms with van der Waals surface area (Å²) in [4.78, 5) is 8.87. The standard InChI is InChI=1S/C24H22N.C22H18N.Ir/c1-15(2)18-11-12-25-24(14-18)19-9-10-22-21-8-6-5-7-20(21)16(3)17(4)23(22)13-19;1-15(2)17-11-12-23-22(14-17)19-9-10-21-18(13-19)8-7-16-5-3-4-6-20(16)21;/h5-8,10-15H,1-4H3;3-8,10-15H,1-2H3;/q2*-1;/i3D3,4D3,15D;15D;. The van der Waals surface area contributed by atoms with Crippen molar-refractivity contribution in [3.63, 3.8) is 0 Å². The molecule has 6 aromatic carbocycles. The molecule has 0 bridgehead atoms. The number of aryl methyl sites for hydroxylation is 2. The van der Waals surface area contributed by atoms with E-state index in [2.05, 4.69) is 64.6 Å². The third-order valence-corrected chi connectivity index (χ3v) is 8.86. The Hall–Kier alpha value is -4.69. The third-order valence-electron chi connectivity index (χ3n) is 8.86. The molecule has 0 unspecified atom stereocenters. The number of benzene rings is 6. The normalized spacial score (nSPS) is 14.6. The van der Waals surface area contributed by atoms with Crippen molar-refractivity contribution in [3.05, 3.63) is 156 Å². The molecule has 0 atom stereocenters. The second-order valence-corrected chi connectivity index (χ2v) is 12.5. The molecule has 8 rings (SSSR count). The summed E-state index contributed by atoms with van der Waals surface area (Å²) in [6, 6.07) is 41.2. The fraction of sp³-hybridized carbons (Fsp3) is 0.174. The molecule has 0 amide bonds. The van der Waals surface area contributed by atoms with Gasteiger partial charge in [0.15, 0.2) is 0 Å². The maximum Gasteiger partial charge on any atom is 0.0346 e. The molecule has 1 radical (unpaired) electrons. The van der Waals surface area contributed by atoms with Crippen molar-refractivity contribution >= 4 is 43.1 Å². The molecule has 0 saturated carbocycles. The number of hydrogen-bond acceptors (Lipinski definition) is 2. The summed E-state index contributed by atoms with van der Waals surface area (Å²) in [7, 11) is 0. The van der Waals surface area contributed by atoms with E-state index >= 15 is 0 Å². The fourth-order valence-corrected chi connectivity index (χ4v) is 6.15. The van der Waals surface area contributed by atoms with Gasteiger partial charge in [0.25, 0.3) is 0 Å². The van der Waals surface area contributed by atoms with Crippen LogP contribution in [0.3, 0.4) is 0 Å². The van der Waals surface area contributed by atoms with Gasteiger partial charge in [-0.3, -0.25) is 0 Å². The Morgan fingerprint density at radius 2 is 1.06 bits per heavy atom. The SMILES string of the molecule is [2H]C(C)(C)c1ccnc(-c2[c-]cc3c(ccc4ccccc43)c2)c1.[2H]C([2H])([2H])c1c(C([2H])([2H])[2H])c2ccccc2c2c[c-]c(-c3cc(C([2H])(C)C)ccn3)cc12.[Ir]. The first kappa shape index (κ1) is 25.3. The Kier molecular flexibility index (Phi) is 7.45. The van der Waals surface area contributed by atoms with Gasteiger partial charge in [0, 0.05) is 43.5 Å². The average Bonchev–Trinajstić information content (AvgIpc) is 3.15. The molecule has 0 aliphatic heterocycles. The third kappa shape index (κ3) is 6.79. The van der Waals surface area contributed by atoms with E-state index in [1.54, 1.807) is 74.8 Å². The van der Waals surface area contributed by atoms with Gasteiger partial charge in [-0.15, -0.1) is 52.9 Å². The van der Waals surface area contributed by atoms with Gasteiger partial charge in [0.1, 0.15) is 0 Å². The molecule has 0 aliphatic carbocycles. The maximum atomic E-state index is 8.29. The molecule has 2 nitrogen and oxygen atoms in total. The van der Waals surface area contributed by atoms with E-state index in [4.69, 9.17) is 11.0 Å². The monoisotopic (exact) mass is 821 g/mol. The quantitative estimate of drug-likeness (QED) is 0.131. The first-order chi connectivity index (χ1) is 26.3. The van der Waals surface area contributed by atoms with E-state index in [0.29, 0.717) is 32.8 Å². The fourth-order valence-electron chi connectivity index (χ4n) is 6.15. The van der Waals surface area contributed by atoms with Crippen molar-refractivity contribution < 1.29 is 31.1 Å². The minimum absolute atomic E-state index is 0. The summed E-state index contributed by atoms with van der Waals surface area (Å²) in [5, 5.41) is 6.91. The predicted molar refractivity (Wildman–Crippen MR) is 205 cm³/mol. The summed E-state index contributed by atoms with van der Waals surface area (Å²) in [6.45, 7) is 2.09. The molecule has 0 saturated heterocycles. The van der Waals surface area contributed by atoms with Crippen LogP contribution in [0.1, 0.15) is 72.7 Å². The Balaban J connectivity index is 0.000000196. The first-order valence-electron chi connectivity index (χ1n) is 20.0. The second kappa shape index (κ2) is 14.4. The van der Waals surface area contributed by atoms with Crippen LogP contribution in [0.2, 0.25) is 0 Å². The van der Waals surface area contributed by atoms with Gasteiger partial charge in [0.2, 0.25) is 0 Å². The van der Waals surface area contributed by atoms with E-state index in [1.165, 1.54) is 21.5 Å². The van der Waals surface area contributed by atoms with E-state index in [0.717, 1.165) is 22.4 Å². The Bertz CT molecular complexity index is 2760. The Morgan fingerprint density at radius 1 is 0.531 bits per heavy atom. The van der Waals surface area contributed by atoms with Gasteiger partial charge in [-0.2, -0.15) is 0 Å². The summed E-state index contributed by atoms with van der Waals surface area (Å²) in [5.41, 5.74) is 4.32. The number of aromatic nitrogens is 2. The molecule has 8 aromatic rings. The van der Waals surface area contributed by atoms with Gasteiger partial charge in [-0.1, -0.05) is 144 Å². The molecule has 0 aliphatic rings. The minimum Gasteiger partial charge on any atom is -0.305 e. The summed E-state index contributed by atoms with van der Waals surface area (Å²) >= 11 is 0. The zero-order valence-electron chi connectivity index (χ0n) is 35.8. The first-order valence-corrected chi connectivity index (χ1v) is 16.0. The molecule has 0 fully saturated rings. The molecule has 2 aromatic heterocycles. The van der Waals surface area contributed by atoms with Crippen LogP contribution in [0.15, 0.2) is 122 Å². The van der Waals surface area contributed by atoms with Crippen LogP contribution in [0.5, 0.6) is 0 Å². The Labute approximate surface area is 314 Å². The molecule has 0 spiro atoms. The predicted octanol–water partition coefficient (Wildman–Crippen LogP) is 12.6. The molecular weight excluding hydrogens is 773 g/mol. The topological polar surface area (TPSA) is 25.8 Å². The van der Waals surface area contributed by atoms with E-state index in [1.807, 2.05) is 32.0 Å². The second-order valence-electron chi connectivity index (χ2n) is 12.5. The van der Waals surface area contributed by atoms with Gasteiger partial charge >= 0.3 is 0 Å². The number of hydrogen-bond donors (Lipinski definition) is 0. The van der Waals surface area contributed by atoms with Crippen LogP contribution in [-0.2, 0) is 20.1 Å². The summed E-state index contributed by atoms with van der Waals surface area (Å²) in [5.74, 6) is -1.46.